The van der Waals surface area contributed by atoms with Crippen molar-refractivity contribution in [1.82, 2.24) is 20.5 Å². The Kier molecular flexibility index (Phi) is 2.86. The van der Waals surface area contributed by atoms with Crippen LogP contribution in [-0.2, 0) is 6.54 Å². The van der Waals surface area contributed by atoms with Crippen molar-refractivity contribution in [1.29, 1.82) is 0 Å². The third-order valence-electron chi connectivity index (χ3n) is 2.14. The molecule has 6 nitrogen and oxygen atoms in total. The number of thiazole rings is 1. The van der Waals surface area contributed by atoms with E-state index in [2.05, 4.69) is 20.5 Å². The Morgan fingerprint density at radius 2 is 2.50 bits per heavy atom. The number of carbonyl (C=O) groups excluding carboxylic acids is 1. The van der Waals surface area contributed by atoms with Gasteiger partial charge in [0.15, 0.2) is 0 Å². The molecular weight excluding hydrogens is 226 g/mol. The highest BCUT2D eigenvalue weighted by Crippen LogP contribution is 2.12. The fourth-order valence-corrected chi connectivity index (χ4v) is 1.96. The number of aryl methyl sites for hydroxylation is 1. The van der Waals surface area contributed by atoms with Crippen LogP contribution in [0.25, 0.3) is 0 Å². The predicted molar refractivity (Wildman–Crippen MR) is 61.0 cm³/mol. The summed E-state index contributed by atoms with van der Waals surface area (Å²) in [7, 11) is 0. The van der Waals surface area contributed by atoms with Crippen LogP contribution in [0.3, 0.4) is 0 Å². The second-order valence-electron chi connectivity index (χ2n) is 3.26. The van der Waals surface area contributed by atoms with Gasteiger partial charge in [0.25, 0.3) is 5.91 Å². The Morgan fingerprint density at radius 3 is 3.06 bits per heavy atom. The number of rotatable bonds is 3. The van der Waals surface area contributed by atoms with Gasteiger partial charge in [0, 0.05) is 12.1 Å². The second-order valence-corrected chi connectivity index (χ2v) is 4.11. The normalized spacial score (nSPS) is 10.3. The Hall–Kier alpha value is -1.89. The Morgan fingerprint density at radius 1 is 1.69 bits per heavy atom. The number of hydrogen-bond donors (Lipinski definition) is 3. The van der Waals surface area contributed by atoms with Crippen LogP contribution < -0.4 is 11.1 Å². The van der Waals surface area contributed by atoms with E-state index in [4.69, 9.17) is 5.73 Å². The average molecular weight is 237 g/mol. The summed E-state index contributed by atoms with van der Waals surface area (Å²) in [5, 5.41) is 9.13. The molecule has 2 heterocycles. The molecule has 0 saturated heterocycles. The van der Waals surface area contributed by atoms with Crippen LogP contribution in [0.15, 0.2) is 11.7 Å². The second kappa shape index (κ2) is 4.31. The molecule has 0 aliphatic carbocycles. The molecule has 2 aromatic rings. The van der Waals surface area contributed by atoms with Crippen molar-refractivity contribution in [2.45, 2.75) is 13.5 Å². The van der Waals surface area contributed by atoms with Crippen LogP contribution in [0.4, 0.5) is 5.82 Å². The molecule has 84 valence electrons. The lowest BCUT2D eigenvalue weighted by molar-refractivity contribution is 0.0954. The topological polar surface area (TPSA) is 96.7 Å². The van der Waals surface area contributed by atoms with E-state index in [9.17, 15) is 4.79 Å². The molecule has 0 atom stereocenters. The average Bonchev–Trinajstić information content (AvgIpc) is 2.84. The number of aromatic nitrogens is 3. The zero-order chi connectivity index (χ0) is 11.5. The van der Waals surface area contributed by atoms with Crippen LogP contribution in [0.2, 0.25) is 0 Å². The molecule has 7 heteroatoms. The summed E-state index contributed by atoms with van der Waals surface area (Å²) in [6.07, 6.45) is 1.59. The molecule has 0 saturated carbocycles. The number of nitrogen functional groups attached to an aromatic ring is 1. The first-order valence-corrected chi connectivity index (χ1v) is 5.52. The molecule has 0 aliphatic heterocycles. The minimum absolute atomic E-state index is 0.138. The van der Waals surface area contributed by atoms with Crippen LogP contribution in [0.1, 0.15) is 20.9 Å². The molecule has 0 fully saturated rings. The lowest BCUT2D eigenvalue weighted by Crippen LogP contribution is -2.22. The first-order valence-electron chi connectivity index (χ1n) is 4.64. The fourth-order valence-electron chi connectivity index (χ4n) is 1.24. The molecule has 16 heavy (non-hydrogen) atoms. The van der Waals surface area contributed by atoms with Gasteiger partial charge in [-0.1, -0.05) is 0 Å². The predicted octanol–water partition coefficient (Wildman–Crippen LogP) is 0.687. The monoisotopic (exact) mass is 237 g/mol. The minimum Gasteiger partial charge on any atom is -0.384 e. The van der Waals surface area contributed by atoms with E-state index in [1.165, 1.54) is 11.3 Å². The quantitative estimate of drug-likeness (QED) is 0.731. The van der Waals surface area contributed by atoms with E-state index >= 15 is 0 Å². The highest BCUT2D eigenvalue weighted by molar-refractivity contribution is 7.11. The Bertz CT molecular complexity index is 503. The zero-order valence-electron chi connectivity index (χ0n) is 8.65. The van der Waals surface area contributed by atoms with Gasteiger partial charge in [0.2, 0.25) is 0 Å². The van der Waals surface area contributed by atoms with Gasteiger partial charge in [0.1, 0.15) is 10.7 Å². The molecule has 4 N–H and O–H groups in total. The summed E-state index contributed by atoms with van der Waals surface area (Å²) >= 11 is 1.32. The molecule has 0 unspecified atom stereocenters. The van der Waals surface area contributed by atoms with Crippen molar-refractivity contribution < 1.29 is 4.79 Å². The van der Waals surface area contributed by atoms with Crippen molar-refractivity contribution in [3.05, 3.63) is 27.8 Å². The van der Waals surface area contributed by atoms with E-state index in [-0.39, 0.29) is 5.91 Å². The first-order chi connectivity index (χ1) is 7.68. The van der Waals surface area contributed by atoms with Crippen LogP contribution in [-0.4, -0.2) is 21.1 Å². The number of hydrogen-bond acceptors (Lipinski definition) is 5. The number of carbonyl (C=O) groups is 1. The van der Waals surface area contributed by atoms with E-state index in [0.717, 1.165) is 11.3 Å². The highest BCUT2D eigenvalue weighted by Gasteiger charge is 2.11. The van der Waals surface area contributed by atoms with Gasteiger partial charge in [0.05, 0.1) is 17.4 Å². The van der Waals surface area contributed by atoms with E-state index in [1.54, 1.807) is 18.6 Å². The lowest BCUT2D eigenvalue weighted by Gasteiger charge is -2.02. The smallest absolute Gasteiger partial charge is 0.263 e. The summed E-state index contributed by atoms with van der Waals surface area (Å²) in [6, 6.07) is 0. The van der Waals surface area contributed by atoms with E-state index in [0.29, 0.717) is 17.2 Å². The van der Waals surface area contributed by atoms with Gasteiger partial charge in [-0.3, -0.25) is 9.89 Å². The molecule has 2 aromatic heterocycles. The fraction of sp³-hybridized carbons (Fsp3) is 0.222. The number of nitrogens with zero attached hydrogens (tertiary/aromatic N) is 2. The largest absolute Gasteiger partial charge is 0.384 e. The van der Waals surface area contributed by atoms with Gasteiger partial charge in [-0.15, -0.1) is 11.3 Å². The standard InChI is InChI=1S/C9H11N5OS/c1-5-7(16-4-12-5)9(15)11-2-6-3-13-14-8(6)10/h3-4H,2H2,1H3,(H,11,15)(H3,10,13,14). The molecular formula is C9H11N5OS. The number of nitrogens with two attached hydrogens (primary N) is 1. The van der Waals surface area contributed by atoms with Crippen LogP contribution in [0.5, 0.6) is 0 Å². The van der Waals surface area contributed by atoms with Crippen molar-refractivity contribution in [2.24, 2.45) is 0 Å². The number of H-pyrrole nitrogens is 1. The van der Waals surface area contributed by atoms with E-state index in [1.807, 2.05) is 0 Å². The highest BCUT2D eigenvalue weighted by atomic mass is 32.1. The molecule has 1 amide bonds. The van der Waals surface area contributed by atoms with E-state index < -0.39 is 0 Å². The van der Waals surface area contributed by atoms with Crippen molar-refractivity contribution in [3.8, 4) is 0 Å². The summed E-state index contributed by atoms with van der Waals surface area (Å²) in [5.41, 5.74) is 8.76. The minimum atomic E-state index is -0.138. The first kappa shape index (κ1) is 10.6. The van der Waals surface area contributed by atoms with Gasteiger partial charge in [-0.05, 0) is 6.92 Å². The van der Waals surface area contributed by atoms with Crippen molar-refractivity contribution in [3.63, 3.8) is 0 Å². The Balaban J connectivity index is 1.99. The van der Waals surface area contributed by atoms with Crippen LogP contribution in [0, 0.1) is 6.92 Å². The zero-order valence-corrected chi connectivity index (χ0v) is 9.47. The molecule has 2 rings (SSSR count). The maximum atomic E-state index is 11.7. The third-order valence-corrected chi connectivity index (χ3v) is 3.07. The Labute approximate surface area is 95.9 Å². The summed E-state index contributed by atoms with van der Waals surface area (Å²) in [6.45, 7) is 2.16. The molecule has 0 aromatic carbocycles. The molecule has 0 radical (unpaired) electrons. The number of anilines is 1. The maximum absolute atomic E-state index is 11.7. The van der Waals surface area contributed by atoms with Gasteiger partial charge in [-0.25, -0.2) is 4.98 Å². The summed E-state index contributed by atoms with van der Waals surface area (Å²) < 4.78 is 0. The lowest BCUT2D eigenvalue weighted by atomic mass is 10.3. The number of aromatic amines is 1. The SMILES string of the molecule is Cc1ncsc1C(=O)NCc1cn[nH]c1N. The maximum Gasteiger partial charge on any atom is 0.263 e. The molecule has 0 aliphatic rings. The number of nitrogens with one attached hydrogen (secondary N) is 2. The summed E-state index contributed by atoms with van der Waals surface area (Å²) in [4.78, 5) is 16.4. The molecule has 0 spiro atoms. The van der Waals surface area contributed by atoms with Gasteiger partial charge < -0.3 is 11.1 Å². The molecule has 0 bridgehead atoms. The van der Waals surface area contributed by atoms with Gasteiger partial charge in [-0.2, -0.15) is 5.10 Å². The summed E-state index contributed by atoms with van der Waals surface area (Å²) in [5.74, 6) is 0.335. The van der Waals surface area contributed by atoms with Gasteiger partial charge >= 0.3 is 0 Å². The van der Waals surface area contributed by atoms with Crippen molar-refractivity contribution in [2.75, 3.05) is 5.73 Å². The third kappa shape index (κ3) is 2.03. The number of amides is 1. The van der Waals surface area contributed by atoms with Crippen LogP contribution >= 0.6 is 11.3 Å². The van der Waals surface area contributed by atoms with Crippen molar-refractivity contribution >= 4 is 23.1 Å².